The molecule has 1 aliphatic heterocycles. The Labute approximate surface area is 193 Å². The summed E-state index contributed by atoms with van der Waals surface area (Å²) in [4.78, 5) is 31.3. The zero-order valence-corrected chi connectivity index (χ0v) is 18.7. The Morgan fingerprint density at radius 3 is 2.61 bits per heavy atom. The van der Waals surface area contributed by atoms with Crippen molar-refractivity contribution in [2.24, 2.45) is 5.73 Å². The van der Waals surface area contributed by atoms with Crippen LogP contribution in [0.25, 0.3) is 0 Å². The molecule has 0 spiro atoms. The topological polar surface area (TPSA) is 88.8 Å². The maximum Gasteiger partial charge on any atom is 0.250 e. The summed E-state index contributed by atoms with van der Waals surface area (Å²) in [6, 6.07) is 9.76. The molecule has 2 N–H and O–H groups in total. The molecule has 1 aromatic heterocycles. The van der Waals surface area contributed by atoms with Gasteiger partial charge in [-0.1, -0.05) is 25.1 Å². The highest BCUT2D eigenvalue weighted by atomic mass is 19.1. The van der Waals surface area contributed by atoms with Gasteiger partial charge >= 0.3 is 0 Å². The van der Waals surface area contributed by atoms with Gasteiger partial charge in [-0.3, -0.25) is 9.59 Å². The number of pyridine rings is 1. The quantitative estimate of drug-likeness (QED) is 0.339. The number of para-hydroxylation sites is 1. The van der Waals surface area contributed by atoms with Crippen molar-refractivity contribution in [2.45, 2.75) is 26.2 Å². The fourth-order valence-corrected chi connectivity index (χ4v) is 3.56. The van der Waals surface area contributed by atoms with Crippen LogP contribution in [0.2, 0.25) is 0 Å². The van der Waals surface area contributed by atoms with Crippen LogP contribution < -0.4 is 15.4 Å². The lowest BCUT2D eigenvalue weighted by atomic mass is 10.1. The van der Waals surface area contributed by atoms with E-state index in [-0.39, 0.29) is 5.75 Å². The van der Waals surface area contributed by atoms with Gasteiger partial charge in [-0.2, -0.15) is 0 Å². The lowest BCUT2D eigenvalue weighted by Gasteiger charge is -2.33. The monoisotopic (exact) mass is 452 g/mol. The standard InChI is InChI=1S/C25H29FN4O3/c1-2-7-19(33-23-11-6-4-9-21(23)26)8-3-5-10-22-20(25(27)32)12-13-24(28-22)30-16-14-29(18-31)15-17-30/h3-4,6-9,11-13,18H,2,5,10,14-17H2,1H3,(H2,27,32)/b8-3-,19-7+. The van der Waals surface area contributed by atoms with Crippen LogP contribution in [-0.4, -0.2) is 48.4 Å². The van der Waals surface area contributed by atoms with Crippen molar-refractivity contribution in [3.8, 4) is 5.75 Å². The van der Waals surface area contributed by atoms with Gasteiger partial charge in [-0.25, -0.2) is 9.37 Å². The zero-order valence-electron chi connectivity index (χ0n) is 18.7. The van der Waals surface area contributed by atoms with Gasteiger partial charge in [0, 0.05) is 26.2 Å². The van der Waals surface area contributed by atoms with Gasteiger partial charge in [0.25, 0.3) is 5.91 Å². The molecule has 0 saturated carbocycles. The van der Waals surface area contributed by atoms with Crippen LogP contribution in [-0.2, 0) is 11.2 Å². The number of benzene rings is 1. The number of hydrogen-bond donors (Lipinski definition) is 1. The summed E-state index contributed by atoms with van der Waals surface area (Å²) in [5.74, 6) is 0.538. The average molecular weight is 453 g/mol. The molecule has 0 bridgehead atoms. The predicted molar refractivity (Wildman–Crippen MR) is 125 cm³/mol. The Balaban J connectivity index is 1.68. The van der Waals surface area contributed by atoms with E-state index < -0.39 is 11.7 Å². The minimum Gasteiger partial charge on any atom is -0.455 e. The smallest absolute Gasteiger partial charge is 0.250 e. The number of anilines is 1. The maximum atomic E-state index is 13.9. The van der Waals surface area contributed by atoms with Gasteiger partial charge < -0.3 is 20.3 Å². The second-order valence-electron chi connectivity index (χ2n) is 7.64. The van der Waals surface area contributed by atoms with E-state index in [1.54, 1.807) is 41.3 Å². The molecule has 8 heteroatoms. The summed E-state index contributed by atoms with van der Waals surface area (Å²) >= 11 is 0. The lowest BCUT2D eigenvalue weighted by Crippen LogP contribution is -2.46. The van der Waals surface area contributed by atoms with E-state index in [9.17, 15) is 14.0 Å². The van der Waals surface area contributed by atoms with Crippen LogP contribution in [0.15, 0.2) is 60.4 Å². The maximum absolute atomic E-state index is 13.9. The van der Waals surface area contributed by atoms with E-state index in [1.165, 1.54) is 6.07 Å². The van der Waals surface area contributed by atoms with Crippen LogP contribution >= 0.6 is 0 Å². The van der Waals surface area contributed by atoms with Crippen molar-refractivity contribution in [3.05, 3.63) is 77.5 Å². The Morgan fingerprint density at radius 1 is 1.18 bits per heavy atom. The molecule has 1 saturated heterocycles. The third-order valence-corrected chi connectivity index (χ3v) is 5.31. The molecule has 2 heterocycles. The highest BCUT2D eigenvalue weighted by Gasteiger charge is 2.18. The number of hydrogen-bond acceptors (Lipinski definition) is 5. The third kappa shape index (κ3) is 6.65. The largest absolute Gasteiger partial charge is 0.455 e. The fraction of sp³-hybridized carbons (Fsp3) is 0.320. The number of nitrogens with zero attached hydrogens (tertiary/aromatic N) is 3. The van der Waals surface area contributed by atoms with Gasteiger partial charge in [-0.05, 0) is 55.7 Å². The number of aromatic nitrogens is 1. The first-order chi connectivity index (χ1) is 16.0. The number of carbonyl (C=O) groups is 2. The van der Waals surface area contributed by atoms with Crippen LogP contribution in [0.3, 0.4) is 0 Å². The molecule has 3 rings (SSSR count). The second-order valence-corrected chi connectivity index (χ2v) is 7.64. The number of halogens is 1. The van der Waals surface area contributed by atoms with Gasteiger partial charge in [0.15, 0.2) is 11.6 Å². The highest BCUT2D eigenvalue weighted by molar-refractivity contribution is 5.94. The Morgan fingerprint density at radius 2 is 1.94 bits per heavy atom. The van der Waals surface area contributed by atoms with Crippen LogP contribution in [0.1, 0.15) is 35.8 Å². The van der Waals surface area contributed by atoms with Crippen LogP contribution in [0, 0.1) is 5.82 Å². The zero-order chi connectivity index (χ0) is 23.6. The van der Waals surface area contributed by atoms with E-state index >= 15 is 0 Å². The number of carbonyl (C=O) groups excluding carboxylic acids is 2. The van der Waals surface area contributed by atoms with E-state index in [0.29, 0.717) is 56.0 Å². The number of nitrogens with two attached hydrogens (primary N) is 1. The molecule has 1 fully saturated rings. The first-order valence-corrected chi connectivity index (χ1v) is 11.0. The van der Waals surface area contributed by atoms with Crippen molar-refractivity contribution in [1.29, 1.82) is 0 Å². The molecule has 1 aliphatic rings. The predicted octanol–water partition coefficient (Wildman–Crippen LogP) is 3.46. The summed E-state index contributed by atoms with van der Waals surface area (Å²) in [6.45, 7) is 4.60. The summed E-state index contributed by atoms with van der Waals surface area (Å²) in [5, 5.41) is 0. The van der Waals surface area contributed by atoms with Crippen molar-refractivity contribution in [2.75, 3.05) is 31.1 Å². The van der Waals surface area contributed by atoms with E-state index in [0.717, 1.165) is 18.6 Å². The molecule has 0 radical (unpaired) electrons. The van der Waals surface area contributed by atoms with E-state index in [2.05, 4.69) is 9.88 Å². The Hall–Kier alpha value is -3.68. The van der Waals surface area contributed by atoms with Gasteiger partial charge in [-0.15, -0.1) is 0 Å². The number of rotatable bonds is 10. The molecule has 33 heavy (non-hydrogen) atoms. The summed E-state index contributed by atoms with van der Waals surface area (Å²) < 4.78 is 19.6. The SMILES string of the molecule is CC/C=C(\C=C/CCc1nc(N2CCN(C=O)CC2)ccc1C(N)=O)Oc1ccccc1F. The third-order valence-electron chi connectivity index (χ3n) is 5.31. The molecule has 0 unspecified atom stereocenters. The minimum atomic E-state index is -0.520. The molecule has 2 amide bonds. The summed E-state index contributed by atoms with van der Waals surface area (Å²) in [5.41, 5.74) is 6.57. The lowest BCUT2D eigenvalue weighted by molar-refractivity contribution is -0.118. The molecule has 0 atom stereocenters. The van der Waals surface area contributed by atoms with Gasteiger partial charge in [0.2, 0.25) is 6.41 Å². The Kier molecular flexibility index (Phi) is 8.57. The van der Waals surface area contributed by atoms with Crippen molar-refractivity contribution >= 4 is 18.1 Å². The number of aryl methyl sites for hydroxylation is 1. The number of ether oxygens (including phenoxy) is 1. The normalized spacial score (nSPS) is 14.5. The van der Waals surface area contributed by atoms with Crippen molar-refractivity contribution in [1.82, 2.24) is 9.88 Å². The van der Waals surface area contributed by atoms with E-state index in [1.807, 2.05) is 19.1 Å². The fourth-order valence-electron chi connectivity index (χ4n) is 3.56. The molecule has 0 aliphatic carbocycles. The van der Waals surface area contributed by atoms with Gasteiger partial charge in [0.05, 0.1) is 11.3 Å². The molecule has 174 valence electrons. The van der Waals surface area contributed by atoms with Crippen LogP contribution in [0.5, 0.6) is 5.75 Å². The number of amides is 2. The molecular weight excluding hydrogens is 423 g/mol. The first kappa shape index (κ1) is 24.0. The number of allylic oxidation sites excluding steroid dienone is 3. The number of primary amides is 1. The van der Waals surface area contributed by atoms with Crippen molar-refractivity contribution < 1.29 is 18.7 Å². The molecule has 7 nitrogen and oxygen atoms in total. The number of piperazine rings is 1. The summed E-state index contributed by atoms with van der Waals surface area (Å²) in [6.07, 6.45) is 8.27. The average Bonchev–Trinajstić information content (AvgIpc) is 2.83. The summed E-state index contributed by atoms with van der Waals surface area (Å²) in [7, 11) is 0. The molecular formula is C25H29FN4O3. The Bertz CT molecular complexity index is 1030. The molecule has 1 aromatic carbocycles. The van der Waals surface area contributed by atoms with Crippen molar-refractivity contribution in [3.63, 3.8) is 0 Å². The van der Waals surface area contributed by atoms with E-state index in [4.69, 9.17) is 10.5 Å². The van der Waals surface area contributed by atoms with Crippen LogP contribution in [0.4, 0.5) is 10.2 Å². The first-order valence-electron chi connectivity index (χ1n) is 11.0. The van der Waals surface area contributed by atoms with Gasteiger partial charge in [0.1, 0.15) is 11.6 Å². The second kappa shape index (κ2) is 11.8. The minimum absolute atomic E-state index is 0.168. The molecule has 2 aromatic rings. The highest BCUT2D eigenvalue weighted by Crippen LogP contribution is 2.20.